The molecular formula is C29H33NO3. The molecule has 0 heterocycles. The van der Waals surface area contributed by atoms with Crippen molar-refractivity contribution in [3.8, 4) is 5.75 Å². The Hall–Kier alpha value is -3.40. The number of esters is 1. The Balaban J connectivity index is 1.72. The zero-order valence-electron chi connectivity index (χ0n) is 20.6. The lowest BCUT2D eigenvalue weighted by atomic mass is 9.87. The minimum Gasteiger partial charge on any atom is -0.423 e. The molecule has 3 aromatic carbocycles. The van der Waals surface area contributed by atoms with Gasteiger partial charge in [-0.15, -0.1) is 0 Å². The number of ether oxygens (including phenoxy) is 1. The molecule has 0 aromatic heterocycles. The van der Waals surface area contributed by atoms with Gasteiger partial charge in [0.25, 0.3) is 5.91 Å². The highest BCUT2D eigenvalue weighted by Gasteiger charge is 2.17. The summed E-state index contributed by atoms with van der Waals surface area (Å²) in [7, 11) is 0. The highest BCUT2D eigenvalue weighted by atomic mass is 16.5. The Bertz CT molecular complexity index is 1150. The number of rotatable bonds is 4. The Kier molecular flexibility index (Phi) is 6.78. The van der Waals surface area contributed by atoms with Crippen molar-refractivity contribution in [1.29, 1.82) is 0 Å². The maximum absolute atomic E-state index is 12.7. The Labute approximate surface area is 197 Å². The minimum atomic E-state index is -0.431. The molecule has 0 aliphatic heterocycles. The second-order valence-electron chi connectivity index (χ2n) is 10.5. The molecule has 33 heavy (non-hydrogen) atoms. The summed E-state index contributed by atoms with van der Waals surface area (Å²) in [6, 6.07) is 20.4. The number of carbonyl (C=O) groups excluding carboxylic acids is 2. The van der Waals surface area contributed by atoms with Gasteiger partial charge in [-0.05, 0) is 64.8 Å². The quantitative estimate of drug-likeness (QED) is 0.347. The average molecular weight is 444 g/mol. The summed E-state index contributed by atoms with van der Waals surface area (Å²) in [4.78, 5) is 25.4. The largest absolute Gasteiger partial charge is 0.423 e. The number of hydrogen-bond acceptors (Lipinski definition) is 3. The van der Waals surface area contributed by atoms with Gasteiger partial charge in [0, 0.05) is 17.3 Å². The molecule has 4 nitrogen and oxygen atoms in total. The number of hydrogen-bond donors (Lipinski definition) is 1. The van der Waals surface area contributed by atoms with Gasteiger partial charge in [-0.1, -0.05) is 71.9 Å². The molecule has 1 amide bonds. The van der Waals surface area contributed by atoms with Crippen molar-refractivity contribution in [3.63, 3.8) is 0 Å². The van der Waals surface area contributed by atoms with Gasteiger partial charge in [0.15, 0.2) is 0 Å². The normalized spacial score (nSPS) is 11.7. The van der Waals surface area contributed by atoms with Crippen LogP contribution in [0.15, 0.2) is 66.7 Å². The minimum absolute atomic E-state index is 0.0125. The van der Waals surface area contributed by atoms with E-state index in [1.54, 1.807) is 24.3 Å². The topological polar surface area (TPSA) is 55.4 Å². The number of carbonyl (C=O) groups is 2. The van der Waals surface area contributed by atoms with Crippen LogP contribution in [0.1, 0.15) is 78.9 Å². The van der Waals surface area contributed by atoms with Crippen molar-refractivity contribution in [2.75, 3.05) is 5.32 Å². The lowest BCUT2D eigenvalue weighted by Crippen LogP contribution is -2.15. The predicted molar refractivity (Wildman–Crippen MR) is 134 cm³/mol. The van der Waals surface area contributed by atoms with Crippen LogP contribution in [0.25, 0.3) is 0 Å². The van der Waals surface area contributed by atoms with Gasteiger partial charge >= 0.3 is 5.97 Å². The van der Waals surface area contributed by atoms with Crippen molar-refractivity contribution >= 4 is 17.6 Å². The Morgan fingerprint density at radius 2 is 1.18 bits per heavy atom. The van der Waals surface area contributed by atoms with Crippen LogP contribution < -0.4 is 10.1 Å². The van der Waals surface area contributed by atoms with Crippen LogP contribution in [0, 0.1) is 6.92 Å². The molecule has 0 bridgehead atoms. The molecule has 0 radical (unpaired) electrons. The highest BCUT2D eigenvalue weighted by molar-refractivity contribution is 6.04. The van der Waals surface area contributed by atoms with Gasteiger partial charge in [0.05, 0.1) is 5.56 Å². The first-order valence-electron chi connectivity index (χ1n) is 11.2. The predicted octanol–water partition coefficient (Wildman–Crippen LogP) is 7.06. The highest BCUT2D eigenvalue weighted by Crippen LogP contribution is 2.26. The maximum Gasteiger partial charge on any atom is 0.343 e. The third-order valence-corrected chi connectivity index (χ3v) is 5.65. The smallest absolute Gasteiger partial charge is 0.343 e. The number of amides is 1. The van der Waals surface area contributed by atoms with Gasteiger partial charge in [-0.25, -0.2) is 4.79 Å². The van der Waals surface area contributed by atoms with Crippen LogP contribution in [0.4, 0.5) is 5.69 Å². The molecule has 0 aliphatic carbocycles. The van der Waals surface area contributed by atoms with E-state index in [4.69, 9.17) is 4.74 Å². The fourth-order valence-electron chi connectivity index (χ4n) is 3.38. The monoisotopic (exact) mass is 443 g/mol. The summed E-state index contributed by atoms with van der Waals surface area (Å²) in [6.07, 6.45) is 0. The van der Waals surface area contributed by atoms with Gasteiger partial charge in [0.2, 0.25) is 0 Å². The van der Waals surface area contributed by atoms with E-state index in [0.717, 1.165) is 11.1 Å². The number of aryl methyl sites for hydroxylation is 1. The van der Waals surface area contributed by atoms with E-state index in [0.29, 0.717) is 22.6 Å². The third-order valence-electron chi connectivity index (χ3n) is 5.65. The number of nitrogens with one attached hydrogen (secondary N) is 1. The maximum atomic E-state index is 12.7. The molecule has 0 saturated carbocycles. The summed E-state index contributed by atoms with van der Waals surface area (Å²) < 4.78 is 5.65. The molecule has 0 saturated heterocycles. The van der Waals surface area contributed by atoms with Crippen LogP contribution in [-0.2, 0) is 10.8 Å². The molecule has 1 N–H and O–H groups in total. The molecule has 172 valence electrons. The first-order chi connectivity index (χ1) is 15.3. The van der Waals surface area contributed by atoms with Crippen LogP contribution in [-0.4, -0.2) is 11.9 Å². The fraction of sp³-hybridized carbons (Fsp3) is 0.310. The first-order valence-corrected chi connectivity index (χ1v) is 11.2. The Morgan fingerprint density at radius 3 is 1.67 bits per heavy atom. The van der Waals surface area contributed by atoms with E-state index < -0.39 is 5.97 Å². The van der Waals surface area contributed by atoms with Gasteiger partial charge in [-0.3, -0.25) is 4.79 Å². The van der Waals surface area contributed by atoms with Crippen molar-refractivity contribution in [3.05, 3.63) is 94.5 Å². The second-order valence-corrected chi connectivity index (χ2v) is 10.5. The van der Waals surface area contributed by atoms with Gasteiger partial charge in [0.1, 0.15) is 5.75 Å². The zero-order chi connectivity index (χ0) is 24.4. The first kappa shape index (κ1) is 24.2. The van der Waals surface area contributed by atoms with E-state index in [1.807, 2.05) is 49.4 Å². The van der Waals surface area contributed by atoms with Crippen molar-refractivity contribution in [2.24, 2.45) is 0 Å². The number of anilines is 1. The molecule has 0 unspecified atom stereocenters. The summed E-state index contributed by atoms with van der Waals surface area (Å²) >= 11 is 0. The summed E-state index contributed by atoms with van der Waals surface area (Å²) in [6.45, 7) is 14.7. The third kappa shape index (κ3) is 6.10. The summed E-state index contributed by atoms with van der Waals surface area (Å²) in [5.41, 5.74) is 4.78. The van der Waals surface area contributed by atoms with Gasteiger partial charge in [-0.2, -0.15) is 0 Å². The zero-order valence-corrected chi connectivity index (χ0v) is 20.6. The molecule has 0 atom stereocenters. The van der Waals surface area contributed by atoms with E-state index >= 15 is 0 Å². The lowest BCUT2D eigenvalue weighted by molar-refractivity contribution is 0.0733. The number of benzene rings is 3. The average Bonchev–Trinajstić information content (AvgIpc) is 2.75. The molecular weight excluding hydrogens is 410 g/mol. The standard InChI is InChI=1S/C29H33NO3/c1-19-8-17-24(30-26(31)20-9-13-22(14-10-20)28(2,3)4)18-25(19)33-27(32)21-11-15-23(16-12-21)29(5,6)7/h8-18H,1-7H3,(H,30,31). The fourth-order valence-corrected chi connectivity index (χ4v) is 3.38. The van der Waals surface area contributed by atoms with Crippen LogP contribution in [0.2, 0.25) is 0 Å². The van der Waals surface area contributed by atoms with Crippen LogP contribution in [0.5, 0.6) is 5.75 Å². The second kappa shape index (κ2) is 9.22. The molecule has 3 rings (SSSR count). The summed E-state index contributed by atoms with van der Waals surface area (Å²) in [5.74, 6) is -0.227. The lowest BCUT2D eigenvalue weighted by Gasteiger charge is -2.19. The van der Waals surface area contributed by atoms with Crippen molar-refractivity contribution in [2.45, 2.75) is 59.3 Å². The van der Waals surface area contributed by atoms with Crippen molar-refractivity contribution < 1.29 is 14.3 Å². The van der Waals surface area contributed by atoms with E-state index in [9.17, 15) is 9.59 Å². The van der Waals surface area contributed by atoms with E-state index in [2.05, 4.69) is 46.9 Å². The molecule has 3 aromatic rings. The molecule has 0 fully saturated rings. The van der Waals surface area contributed by atoms with Crippen molar-refractivity contribution in [1.82, 2.24) is 0 Å². The van der Waals surface area contributed by atoms with E-state index in [-0.39, 0.29) is 16.7 Å². The van der Waals surface area contributed by atoms with E-state index in [1.165, 1.54) is 5.56 Å². The Morgan fingerprint density at radius 1 is 0.697 bits per heavy atom. The van der Waals surface area contributed by atoms with Crippen LogP contribution >= 0.6 is 0 Å². The van der Waals surface area contributed by atoms with Crippen LogP contribution in [0.3, 0.4) is 0 Å². The molecule has 4 heteroatoms. The summed E-state index contributed by atoms with van der Waals surface area (Å²) in [5, 5.41) is 2.89. The molecule has 0 aliphatic rings. The molecule has 0 spiro atoms. The van der Waals surface area contributed by atoms with Gasteiger partial charge < -0.3 is 10.1 Å². The SMILES string of the molecule is Cc1ccc(NC(=O)c2ccc(C(C)(C)C)cc2)cc1OC(=O)c1ccc(C(C)(C)C)cc1.